The minimum Gasteiger partial charge on any atom is -0.344 e. The number of hydrogen-bond donors (Lipinski definition) is 4. The van der Waals surface area contributed by atoms with Crippen molar-refractivity contribution in [2.24, 2.45) is 11.3 Å². The Morgan fingerprint density at radius 2 is 1.92 bits per heavy atom. The topological polar surface area (TPSA) is 150 Å². The predicted molar refractivity (Wildman–Crippen MR) is 149 cm³/mol. The van der Waals surface area contributed by atoms with E-state index in [0.29, 0.717) is 18.7 Å². The average molecular weight is 559 g/mol. The lowest BCUT2D eigenvalue weighted by Gasteiger charge is -2.32. The summed E-state index contributed by atoms with van der Waals surface area (Å²) in [6.45, 7) is 7.53. The second-order valence-electron chi connectivity index (χ2n) is 11.5. The lowest BCUT2D eigenvalue weighted by molar-refractivity contribution is -0.129. The van der Waals surface area contributed by atoms with Gasteiger partial charge in [-0.2, -0.15) is 4.31 Å². The highest BCUT2D eigenvalue weighted by atomic mass is 32.2. The fourth-order valence-electron chi connectivity index (χ4n) is 5.36. The van der Waals surface area contributed by atoms with Crippen LogP contribution in [0, 0.1) is 11.3 Å². The summed E-state index contributed by atoms with van der Waals surface area (Å²) < 4.78 is 28.5. The third-order valence-corrected chi connectivity index (χ3v) is 9.39. The van der Waals surface area contributed by atoms with E-state index in [1.54, 1.807) is 40.9 Å². The van der Waals surface area contributed by atoms with Gasteiger partial charge >= 0.3 is 0 Å². The number of carbonyl (C=O) groups is 3. The van der Waals surface area contributed by atoms with E-state index in [2.05, 4.69) is 26.3 Å². The van der Waals surface area contributed by atoms with Crippen molar-refractivity contribution in [1.82, 2.24) is 25.2 Å². The van der Waals surface area contributed by atoms with E-state index in [9.17, 15) is 22.8 Å². The number of hydrogen-bond acceptors (Lipinski definition) is 8. The Kier molecular flexibility index (Phi) is 8.41. The number of likely N-dealkylation sites (N-methyl/N-ethyl adjacent to an activating group) is 1. The molecule has 2 aromatic rings. The number of aromatic nitrogens is 1. The zero-order chi connectivity index (χ0) is 28.5. The monoisotopic (exact) mass is 558 g/mol. The van der Waals surface area contributed by atoms with Crippen molar-refractivity contribution in [3.8, 4) is 0 Å². The zero-order valence-corrected chi connectivity index (χ0v) is 23.8. The van der Waals surface area contributed by atoms with Crippen LogP contribution < -0.4 is 21.3 Å². The third kappa shape index (κ3) is 6.29. The van der Waals surface area contributed by atoms with E-state index < -0.39 is 51.0 Å². The molecule has 5 atom stereocenters. The summed E-state index contributed by atoms with van der Waals surface area (Å²) in [5, 5.41) is 12.6. The Bertz CT molecular complexity index is 1360. The Morgan fingerprint density at radius 1 is 1.21 bits per heavy atom. The first-order valence-corrected chi connectivity index (χ1v) is 14.8. The number of nitrogens with zero attached hydrogens (tertiary/aromatic N) is 2. The van der Waals surface area contributed by atoms with Crippen molar-refractivity contribution in [2.75, 3.05) is 31.2 Å². The summed E-state index contributed by atoms with van der Waals surface area (Å²) in [6.07, 6.45) is 2.12. The Morgan fingerprint density at radius 3 is 2.62 bits per heavy atom. The van der Waals surface area contributed by atoms with Crippen molar-refractivity contribution in [1.29, 1.82) is 0 Å². The van der Waals surface area contributed by atoms with Crippen molar-refractivity contribution in [3.05, 3.63) is 36.5 Å². The fraction of sp³-hybridized carbons (Fsp3) is 0.556. The molecule has 2 saturated heterocycles. The molecule has 1 aromatic heterocycles. The molecule has 5 unspecified atom stereocenters. The third-order valence-electron chi connectivity index (χ3n) is 7.60. The van der Waals surface area contributed by atoms with Crippen molar-refractivity contribution in [3.63, 3.8) is 0 Å². The molecular formula is C27H38N6O5S. The second kappa shape index (κ2) is 11.3. The summed E-state index contributed by atoms with van der Waals surface area (Å²) in [5.41, 5.74) is 0.638. The van der Waals surface area contributed by atoms with E-state index >= 15 is 0 Å². The highest BCUT2D eigenvalue weighted by molar-refractivity contribution is 7.89. The fourth-order valence-corrected chi connectivity index (χ4v) is 7.10. The van der Waals surface area contributed by atoms with E-state index in [1.165, 1.54) is 4.31 Å². The molecule has 2 aliphatic rings. The van der Waals surface area contributed by atoms with Crippen LogP contribution in [-0.2, 0) is 24.4 Å². The number of fused-ring (bicyclic) bond motifs is 2. The van der Waals surface area contributed by atoms with Crippen LogP contribution in [-0.4, -0.2) is 85.4 Å². The van der Waals surface area contributed by atoms with E-state index in [-0.39, 0.29) is 24.4 Å². The molecule has 2 aliphatic heterocycles. The number of rotatable bonds is 9. The molecule has 3 heterocycles. The van der Waals surface area contributed by atoms with Crippen molar-refractivity contribution in [2.45, 2.75) is 58.3 Å². The first-order valence-electron chi connectivity index (χ1n) is 13.2. The molecule has 2 fully saturated rings. The summed E-state index contributed by atoms with van der Waals surface area (Å²) in [4.78, 5) is 43.5. The number of amides is 2. The predicted octanol–water partition coefficient (Wildman–Crippen LogP) is 0.873. The van der Waals surface area contributed by atoms with Crippen LogP contribution >= 0.6 is 0 Å². The van der Waals surface area contributed by atoms with E-state index in [0.717, 1.165) is 10.9 Å². The van der Waals surface area contributed by atoms with E-state index in [4.69, 9.17) is 0 Å². The zero-order valence-electron chi connectivity index (χ0n) is 23.0. The van der Waals surface area contributed by atoms with Gasteiger partial charge in [0.25, 0.3) is 0 Å². The van der Waals surface area contributed by atoms with Crippen LogP contribution in [0.4, 0.5) is 5.69 Å². The largest absolute Gasteiger partial charge is 0.344 e. The molecule has 2 amide bonds. The highest BCUT2D eigenvalue weighted by Crippen LogP contribution is 2.33. The maximum atomic E-state index is 13.6. The van der Waals surface area contributed by atoms with Gasteiger partial charge in [0.1, 0.15) is 5.75 Å². The van der Waals surface area contributed by atoms with Gasteiger partial charge in [0, 0.05) is 24.5 Å². The number of Topliss-reactive ketones (excluding diaryl/α,β-unsaturated/α-hetero) is 1. The SMILES string of the molecule is CNC(C)C(=O)NC(C(=O)CS(=O)(=O)N1CCC2NCC(C(=O)Nc3cnc4ccccc4c3)C21)C(C)(C)C. The normalized spacial score (nSPS) is 23.3. The minimum absolute atomic E-state index is 0.185. The van der Waals surface area contributed by atoms with Gasteiger partial charge in [-0.15, -0.1) is 0 Å². The van der Waals surface area contributed by atoms with Gasteiger partial charge < -0.3 is 21.3 Å². The maximum absolute atomic E-state index is 13.6. The minimum atomic E-state index is -4.06. The lowest BCUT2D eigenvalue weighted by Crippen LogP contribution is -2.56. The van der Waals surface area contributed by atoms with Crippen LogP contribution in [0.15, 0.2) is 36.5 Å². The second-order valence-corrected chi connectivity index (χ2v) is 13.4. The molecule has 0 saturated carbocycles. The van der Waals surface area contributed by atoms with Crippen LogP contribution in [0.25, 0.3) is 10.9 Å². The van der Waals surface area contributed by atoms with Crippen LogP contribution in [0.2, 0.25) is 0 Å². The molecular weight excluding hydrogens is 520 g/mol. The summed E-state index contributed by atoms with van der Waals surface area (Å²) in [6, 6.07) is 7.07. The highest BCUT2D eigenvalue weighted by Gasteiger charge is 2.51. The van der Waals surface area contributed by atoms with Gasteiger partial charge in [-0.25, -0.2) is 8.42 Å². The molecule has 12 heteroatoms. The van der Waals surface area contributed by atoms with Gasteiger partial charge in [-0.1, -0.05) is 39.0 Å². The van der Waals surface area contributed by atoms with Gasteiger partial charge in [0.15, 0.2) is 5.78 Å². The number of sulfonamides is 1. The lowest BCUT2D eigenvalue weighted by atomic mass is 9.84. The molecule has 39 heavy (non-hydrogen) atoms. The maximum Gasteiger partial charge on any atom is 0.237 e. The number of para-hydroxylation sites is 1. The molecule has 212 valence electrons. The van der Waals surface area contributed by atoms with Gasteiger partial charge in [-0.3, -0.25) is 19.4 Å². The van der Waals surface area contributed by atoms with E-state index in [1.807, 2.05) is 30.3 Å². The van der Waals surface area contributed by atoms with Crippen molar-refractivity contribution >= 4 is 44.2 Å². The van der Waals surface area contributed by atoms with Crippen LogP contribution in [0.3, 0.4) is 0 Å². The van der Waals surface area contributed by atoms with Crippen LogP contribution in [0.1, 0.15) is 34.1 Å². The van der Waals surface area contributed by atoms with Gasteiger partial charge in [0.05, 0.1) is 41.4 Å². The molecule has 0 bridgehead atoms. The van der Waals surface area contributed by atoms with Gasteiger partial charge in [-0.05, 0) is 37.9 Å². The smallest absolute Gasteiger partial charge is 0.237 e. The quantitative estimate of drug-likeness (QED) is 0.354. The molecule has 0 radical (unpaired) electrons. The molecule has 1 aromatic carbocycles. The van der Waals surface area contributed by atoms with Crippen molar-refractivity contribution < 1.29 is 22.8 Å². The number of anilines is 1. The summed E-state index contributed by atoms with van der Waals surface area (Å²) in [7, 11) is -2.43. The first-order chi connectivity index (χ1) is 18.3. The molecule has 4 N–H and O–H groups in total. The molecule has 11 nitrogen and oxygen atoms in total. The number of nitrogens with one attached hydrogen (secondary N) is 4. The average Bonchev–Trinajstić information content (AvgIpc) is 3.48. The number of pyridine rings is 1. The number of benzene rings is 1. The molecule has 0 spiro atoms. The van der Waals surface area contributed by atoms with Gasteiger partial charge in [0.2, 0.25) is 21.8 Å². The Balaban J connectivity index is 1.49. The Hall–Kier alpha value is -2.93. The molecule has 0 aliphatic carbocycles. The molecule has 4 rings (SSSR count). The standard InChI is InChI=1S/C27H38N6O5S/c1-16(28-5)25(35)32-24(27(2,3)4)22(34)15-39(37,38)33-11-10-21-23(33)19(14-30-21)26(36)31-18-12-17-8-6-7-9-20(17)29-13-18/h6-9,12-13,16,19,21,23-24,28,30H,10-11,14-15H2,1-5H3,(H,31,36)(H,32,35). The Labute approximate surface area is 229 Å². The summed E-state index contributed by atoms with van der Waals surface area (Å²) >= 11 is 0. The summed E-state index contributed by atoms with van der Waals surface area (Å²) in [5.74, 6) is -2.67. The van der Waals surface area contributed by atoms with Crippen LogP contribution in [0.5, 0.6) is 0 Å². The number of ketones is 1. The first kappa shape index (κ1) is 29.1. The number of carbonyl (C=O) groups excluding carboxylic acids is 3.